The van der Waals surface area contributed by atoms with Crippen LogP contribution in [-0.2, 0) is 4.79 Å². The standard InChI is InChI=1S/C12H17N3O2/c1-14-7-3-6-11(16)15-10-5-2-4-9(8-10)12(13)17/h2,4-5,8,14H,3,6-7H2,1H3,(H2,13,17)(H,15,16). The number of hydrogen-bond donors (Lipinski definition) is 3. The van der Waals surface area contributed by atoms with Crippen LogP contribution in [0.25, 0.3) is 0 Å². The number of amides is 2. The molecule has 0 bridgehead atoms. The van der Waals surface area contributed by atoms with Crippen molar-refractivity contribution in [3.63, 3.8) is 0 Å². The third kappa shape index (κ3) is 4.65. The Balaban J connectivity index is 2.53. The lowest BCUT2D eigenvalue weighted by atomic mass is 10.2. The Morgan fingerprint density at radius 1 is 1.35 bits per heavy atom. The molecule has 0 aliphatic heterocycles. The van der Waals surface area contributed by atoms with E-state index in [1.807, 2.05) is 7.05 Å². The number of hydrogen-bond acceptors (Lipinski definition) is 3. The van der Waals surface area contributed by atoms with Crippen LogP contribution in [0.4, 0.5) is 5.69 Å². The molecule has 1 aromatic carbocycles. The Kier molecular flexibility index (Phi) is 5.16. The molecule has 17 heavy (non-hydrogen) atoms. The topological polar surface area (TPSA) is 84.2 Å². The van der Waals surface area contributed by atoms with E-state index in [1.54, 1.807) is 24.3 Å². The fourth-order valence-electron chi connectivity index (χ4n) is 1.40. The zero-order chi connectivity index (χ0) is 12.7. The van der Waals surface area contributed by atoms with Crippen molar-refractivity contribution in [1.29, 1.82) is 0 Å². The third-order valence-corrected chi connectivity index (χ3v) is 2.26. The van der Waals surface area contributed by atoms with Crippen LogP contribution < -0.4 is 16.4 Å². The predicted octanol–water partition coefficient (Wildman–Crippen LogP) is 0.724. The number of primary amides is 1. The van der Waals surface area contributed by atoms with Crippen molar-refractivity contribution in [2.75, 3.05) is 18.9 Å². The van der Waals surface area contributed by atoms with Gasteiger partial charge in [-0.25, -0.2) is 0 Å². The van der Waals surface area contributed by atoms with Crippen LogP contribution in [0.3, 0.4) is 0 Å². The first-order chi connectivity index (χ1) is 8.13. The van der Waals surface area contributed by atoms with Crippen molar-refractivity contribution < 1.29 is 9.59 Å². The van der Waals surface area contributed by atoms with E-state index in [9.17, 15) is 9.59 Å². The zero-order valence-electron chi connectivity index (χ0n) is 9.82. The quantitative estimate of drug-likeness (QED) is 0.635. The van der Waals surface area contributed by atoms with Crippen molar-refractivity contribution in [1.82, 2.24) is 5.32 Å². The first kappa shape index (κ1) is 13.2. The molecule has 1 aromatic rings. The molecule has 92 valence electrons. The molecule has 0 aromatic heterocycles. The normalized spacial score (nSPS) is 9.94. The molecule has 0 saturated carbocycles. The first-order valence-corrected chi connectivity index (χ1v) is 5.48. The number of benzene rings is 1. The lowest BCUT2D eigenvalue weighted by molar-refractivity contribution is -0.116. The lowest BCUT2D eigenvalue weighted by Gasteiger charge is -2.06. The highest BCUT2D eigenvalue weighted by atomic mass is 16.2. The summed E-state index contributed by atoms with van der Waals surface area (Å²) in [5.41, 5.74) is 6.13. The van der Waals surface area contributed by atoms with Gasteiger partial charge >= 0.3 is 0 Å². The summed E-state index contributed by atoms with van der Waals surface area (Å²) in [5, 5.41) is 5.69. The van der Waals surface area contributed by atoms with Gasteiger partial charge in [-0.1, -0.05) is 6.07 Å². The van der Waals surface area contributed by atoms with Crippen LogP contribution in [0.15, 0.2) is 24.3 Å². The molecule has 0 atom stereocenters. The highest BCUT2D eigenvalue weighted by Crippen LogP contribution is 2.10. The van der Waals surface area contributed by atoms with Gasteiger partial charge in [0.15, 0.2) is 0 Å². The molecule has 5 nitrogen and oxygen atoms in total. The van der Waals surface area contributed by atoms with Gasteiger partial charge in [0.05, 0.1) is 0 Å². The largest absolute Gasteiger partial charge is 0.366 e. The Hall–Kier alpha value is -1.88. The summed E-state index contributed by atoms with van der Waals surface area (Å²) in [4.78, 5) is 22.5. The van der Waals surface area contributed by atoms with E-state index in [-0.39, 0.29) is 5.91 Å². The van der Waals surface area contributed by atoms with E-state index in [0.717, 1.165) is 13.0 Å². The second kappa shape index (κ2) is 6.65. The molecule has 0 spiro atoms. The van der Waals surface area contributed by atoms with Gasteiger partial charge in [-0.2, -0.15) is 0 Å². The minimum absolute atomic E-state index is 0.0677. The van der Waals surface area contributed by atoms with Crippen LogP contribution >= 0.6 is 0 Å². The summed E-state index contributed by atoms with van der Waals surface area (Å²) in [6, 6.07) is 6.59. The van der Waals surface area contributed by atoms with Crippen molar-refractivity contribution in [2.24, 2.45) is 5.73 Å². The number of anilines is 1. The number of rotatable bonds is 6. The molecule has 0 saturated heterocycles. The van der Waals surface area contributed by atoms with Gasteiger partial charge in [-0.15, -0.1) is 0 Å². The van der Waals surface area contributed by atoms with Crippen LogP contribution in [-0.4, -0.2) is 25.4 Å². The van der Waals surface area contributed by atoms with E-state index in [0.29, 0.717) is 17.7 Å². The molecule has 2 amide bonds. The summed E-state index contributed by atoms with van der Waals surface area (Å²) in [6.45, 7) is 0.800. The molecular weight excluding hydrogens is 218 g/mol. The fourth-order valence-corrected chi connectivity index (χ4v) is 1.40. The van der Waals surface area contributed by atoms with E-state index < -0.39 is 5.91 Å². The van der Waals surface area contributed by atoms with Crippen molar-refractivity contribution in [3.8, 4) is 0 Å². The van der Waals surface area contributed by atoms with Gasteiger partial charge in [0.1, 0.15) is 0 Å². The number of carbonyl (C=O) groups is 2. The average Bonchev–Trinajstić information content (AvgIpc) is 2.29. The molecule has 0 aliphatic rings. The summed E-state index contributed by atoms with van der Waals surface area (Å²) in [6.07, 6.45) is 1.22. The van der Waals surface area contributed by atoms with Gasteiger partial charge in [0, 0.05) is 17.7 Å². The molecule has 0 unspecified atom stereocenters. The maximum atomic E-state index is 11.5. The second-order valence-electron chi connectivity index (χ2n) is 3.70. The number of carbonyl (C=O) groups excluding carboxylic acids is 2. The lowest BCUT2D eigenvalue weighted by Crippen LogP contribution is -2.16. The molecule has 0 heterocycles. The zero-order valence-corrected chi connectivity index (χ0v) is 9.82. The highest BCUT2D eigenvalue weighted by Gasteiger charge is 2.04. The molecule has 4 N–H and O–H groups in total. The van der Waals surface area contributed by atoms with Crippen LogP contribution in [0.2, 0.25) is 0 Å². The summed E-state index contributed by atoms with van der Waals surface area (Å²) in [7, 11) is 1.84. The molecule has 5 heteroatoms. The van der Waals surface area contributed by atoms with E-state index >= 15 is 0 Å². The first-order valence-electron chi connectivity index (χ1n) is 5.48. The Morgan fingerprint density at radius 2 is 2.12 bits per heavy atom. The van der Waals surface area contributed by atoms with Crippen LogP contribution in [0, 0.1) is 0 Å². The van der Waals surface area contributed by atoms with Gasteiger partial charge < -0.3 is 16.4 Å². The average molecular weight is 235 g/mol. The predicted molar refractivity (Wildman–Crippen MR) is 66.8 cm³/mol. The minimum Gasteiger partial charge on any atom is -0.366 e. The Labute approximate surface area is 100 Å². The van der Waals surface area contributed by atoms with Gasteiger partial charge in [-0.05, 0) is 38.2 Å². The summed E-state index contributed by atoms with van der Waals surface area (Å²) < 4.78 is 0. The summed E-state index contributed by atoms with van der Waals surface area (Å²) >= 11 is 0. The van der Waals surface area contributed by atoms with Crippen LogP contribution in [0.5, 0.6) is 0 Å². The van der Waals surface area contributed by atoms with Gasteiger partial charge in [-0.3, -0.25) is 9.59 Å². The minimum atomic E-state index is -0.503. The number of nitrogens with two attached hydrogens (primary N) is 1. The third-order valence-electron chi connectivity index (χ3n) is 2.26. The number of nitrogens with one attached hydrogen (secondary N) is 2. The van der Waals surface area contributed by atoms with Crippen LogP contribution in [0.1, 0.15) is 23.2 Å². The molecule has 1 rings (SSSR count). The highest BCUT2D eigenvalue weighted by molar-refractivity contribution is 5.96. The van der Waals surface area contributed by atoms with Crippen molar-refractivity contribution >= 4 is 17.5 Å². The Bertz CT molecular complexity index is 404. The maximum absolute atomic E-state index is 11.5. The molecule has 0 fully saturated rings. The van der Waals surface area contributed by atoms with Crippen molar-refractivity contribution in [2.45, 2.75) is 12.8 Å². The van der Waals surface area contributed by atoms with Gasteiger partial charge in [0.25, 0.3) is 0 Å². The smallest absolute Gasteiger partial charge is 0.248 e. The molecule has 0 aliphatic carbocycles. The van der Waals surface area contributed by atoms with E-state index in [1.165, 1.54) is 0 Å². The SMILES string of the molecule is CNCCCC(=O)Nc1cccc(C(N)=O)c1. The second-order valence-corrected chi connectivity index (χ2v) is 3.70. The van der Waals surface area contributed by atoms with Crippen molar-refractivity contribution in [3.05, 3.63) is 29.8 Å². The molecular formula is C12H17N3O2. The van der Waals surface area contributed by atoms with Gasteiger partial charge in [0.2, 0.25) is 11.8 Å². The monoisotopic (exact) mass is 235 g/mol. The van der Waals surface area contributed by atoms with E-state index in [2.05, 4.69) is 10.6 Å². The Morgan fingerprint density at radius 3 is 2.76 bits per heavy atom. The molecule has 0 radical (unpaired) electrons. The van der Waals surface area contributed by atoms with E-state index in [4.69, 9.17) is 5.73 Å². The fraction of sp³-hybridized carbons (Fsp3) is 0.333. The summed E-state index contributed by atoms with van der Waals surface area (Å²) in [5.74, 6) is -0.571. The maximum Gasteiger partial charge on any atom is 0.248 e.